The Balaban J connectivity index is 1.13. The van der Waals surface area contributed by atoms with E-state index in [1.165, 1.54) is 4.90 Å². The van der Waals surface area contributed by atoms with Crippen LogP contribution >= 0.6 is 27.5 Å². The number of carbonyl (C=O) groups excluding carboxylic acids is 2. The van der Waals surface area contributed by atoms with E-state index in [4.69, 9.17) is 25.8 Å². The van der Waals surface area contributed by atoms with Gasteiger partial charge in [0.1, 0.15) is 12.3 Å². The molecular formula is C28H37BrClFN4O5. The number of hydrogen-bond acceptors (Lipinski definition) is 6. The van der Waals surface area contributed by atoms with Crippen molar-refractivity contribution in [1.82, 2.24) is 20.0 Å². The van der Waals surface area contributed by atoms with Gasteiger partial charge in [-0.1, -0.05) is 11.6 Å². The number of halogens is 3. The largest absolute Gasteiger partial charge is 0.450 e. The van der Waals surface area contributed by atoms with Gasteiger partial charge in [-0.25, -0.2) is 18.7 Å². The number of amides is 2. The van der Waals surface area contributed by atoms with Gasteiger partial charge in [0.25, 0.3) is 0 Å². The number of hydrogen-bond donors (Lipinski definition) is 1. The lowest BCUT2D eigenvalue weighted by atomic mass is 10.0. The number of likely N-dealkylation sites (tertiary alicyclic amines) is 1. The Kier molecular flexibility index (Phi) is 8.55. The summed E-state index contributed by atoms with van der Waals surface area (Å²) in [5, 5.41) is 8.95. The van der Waals surface area contributed by atoms with E-state index in [-0.39, 0.29) is 25.3 Å². The minimum Gasteiger partial charge on any atom is -0.450 e. The van der Waals surface area contributed by atoms with Crippen LogP contribution in [0.25, 0.3) is 10.9 Å². The number of ether oxygens (including phenoxy) is 3. The molecule has 220 valence electrons. The summed E-state index contributed by atoms with van der Waals surface area (Å²) >= 11 is 10.6. The van der Waals surface area contributed by atoms with Crippen molar-refractivity contribution >= 4 is 50.6 Å². The maximum atomic E-state index is 14.0. The third-order valence-electron chi connectivity index (χ3n) is 7.90. The SMILES string of the molecule is CC(C)(C)OC(=O)N1CC[C@@](CF)(NC(=O)OCC[C@H]2C[C@H]2c2c(Cl)cc3c(cnn3C3CCCCO3)c2Br)C1. The number of aromatic nitrogens is 2. The number of fused-ring (bicyclic) bond motifs is 1. The average Bonchev–Trinajstić information content (AvgIpc) is 3.30. The quantitative estimate of drug-likeness (QED) is 0.360. The normalized spacial score (nSPS) is 26.6. The Hall–Kier alpha value is -2.11. The van der Waals surface area contributed by atoms with E-state index in [1.807, 2.05) is 16.9 Å². The van der Waals surface area contributed by atoms with Crippen LogP contribution in [0, 0.1) is 5.92 Å². The fourth-order valence-electron chi connectivity index (χ4n) is 5.69. The Labute approximate surface area is 247 Å². The van der Waals surface area contributed by atoms with Gasteiger partial charge in [-0.2, -0.15) is 5.10 Å². The van der Waals surface area contributed by atoms with Gasteiger partial charge >= 0.3 is 12.2 Å². The molecule has 12 heteroatoms. The van der Waals surface area contributed by atoms with Gasteiger partial charge in [-0.15, -0.1) is 0 Å². The highest BCUT2D eigenvalue weighted by Crippen LogP contribution is 2.55. The van der Waals surface area contributed by atoms with Crippen LogP contribution in [-0.2, 0) is 14.2 Å². The molecule has 40 heavy (non-hydrogen) atoms. The molecule has 1 saturated carbocycles. The van der Waals surface area contributed by atoms with Crippen LogP contribution in [0.4, 0.5) is 14.0 Å². The molecule has 1 aliphatic carbocycles. The monoisotopic (exact) mass is 642 g/mol. The van der Waals surface area contributed by atoms with Crippen LogP contribution in [0.3, 0.4) is 0 Å². The smallest absolute Gasteiger partial charge is 0.410 e. The maximum Gasteiger partial charge on any atom is 0.410 e. The zero-order valence-electron chi connectivity index (χ0n) is 23.2. The molecule has 4 atom stereocenters. The summed E-state index contributed by atoms with van der Waals surface area (Å²) in [7, 11) is 0. The molecule has 0 radical (unpaired) electrons. The van der Waals surface area contributed by atoms with Gasteiger partial charge in [-0.05, 0) is 98.7 Å². The minimum atomic E-state index is -1.17. The highest BCUT2D eigenvalue weighted by Gasteiger charge is 2.44. The molecule has 2 aromatic rings. The van der Waals surface area contributed by atoms with Gasteiger partial charge in [0, 0.05) is 34.6 Å². The number of rotatable bonds is 7. The van der Waals surface area contributed by atoms with Gasteiger partial charge in [0.2, 0.25) is 0 Å². The fourth-order valence-corrected chi connectivity index (χ4v) is 6.96. The lowest BCUT2D eigenvalue weighted by Crippen LogP contribution is -2.53. The van der Waals surface area contributed by atoms with Crippen molar-refractivity contribution in [3.63, 3.8) is 0 Å². The second-order valence-corrected chi connectivity index (χ2v) is 13.3. The number of alkyl carbamates (subject to hydrolysis) is 1. The van der Waals surface area contributed by atoms with Crippen LogP contribution in [0.2, 0.25) is 5.02 Å². The topological polar surface area (TPSA) is 94.9 Å². The zero-order chi connectivity index (χ0) is 28.7. The molecular weight excluding hydrogens is 607 g/mol. The van der Waals surface area contributed by atoms with E-state index < -0.39 is 30.0 Å². The third-order valence-corrected chi connectivity index (χ3v) is 9.07. The van der Waals surface area contributed by atoms with Gasteiger partial charge in [-0.3, -0.25) is 0 Å². The molecule has 0 bridgehead atoms. The van der Waals surface area contributed by atoms with E-state index in [0.717, 1.165) is 53.2 Å². The van der Waals surface area contributed by atoms with Gasteiger partial charge in [0.05, 0.1) is 23.9 Å². The molecule has 0 spiro atoms. The molecule has 2 saturated heterocycles. The van der Waals surface area contributed by atoms with Crippen LogP contribution < -0.4 is 5.32 Å². The molecule has 3 heterocycles. The second kappa shape index (κ2) is 11.6. The van der Waals surface area contributed by atoms with Crippen molar-refractivity contribution in [2.24, 2.45) is 5.92 Å². The van der Waals surface area contributed by atoms with Crippen LogP contribution in [-0.4, -0.2) is 71.0 Å². The van der Waals surface area contributed by atoms with Crippen LogP contribution in [0.1, 0.15) is 77.0 Å². The third kappa shape index (κ3) is 6.36. The zero-order valence-corrected chi connectivity index (χ0v) is 25.5. The van der Waals surface area contributed by atoms with Crippen molar-refractivity contribution in [1.29, 1.82) is 0 Å². The van der Waals surface area contributed by atoms with E-state index in [2.05, 4.69) is 26.3 Å². The minimum absolute atomic E-state index is 0.0384. The van der Waals surface area contributed by atoms with E-state index >= 15 is 0 Å². The van der Waals surface area contributed by atoms with Crippen molar-refractivity contribution in [2.45, 2.75) is 82.6 Å². The standard InChI is InChI=1S/C28H37BrClFN4O5/c1-27(2,3)40-26(37)34-9-8-28(15-31,16-34)33-25(36)39-11-7-17-12-18(17)23-20(30)13-21-19(24(23)29)14-32-35(21)22-6-4-5-10-38-22/h13-14,17-18,22H,4-12,15-16H2,1-3H3,(H,33,36)/t17-,18+,22?,28-/m0/s1. The highest BCUT2D eigenvalue weighted by molar-refractivity contribution is 9.10. The number of carbonyl (C=O) groups is 2. The summed E-state index contributed by atoms with van der Waals surface area (Å²) in [5.74, 6) is 0.571. The highest BCUT2D eigenvalue weighted by atomic mass is 79.9. The maximum absolute atomic E-state index is 14.0. The first kappa shape index (κ1) is 29.4. The summed E-state index contributed by atoms with van der Waals surface area (Å²) in [6.45, 7) is 5.81. The number of alkyl halides is 1. The number of nitrogens with zero attached hydrogens (tertiary/aromatic N) is 3. The summed E-state index contributed by atoms with van der Waals surface area (Å²) in [5.41, 5.74) is 0.181. The van der Waals surface area contributed by atoms with E-state index in [0.29, 0.717) is 30.3 Å². The van der Waals surface area contributed by atoms with Crippen LogP contribution in [0.15, 0.2) is 16.7 Å². The Bertz CT molecular complexity index is 1260. The number of benzene rings is 1. The van der Waals surface area contributed by atoms with Gasteiger partial charge in [0.15, 0.2) is 6.23 Å². The molecule has 3 aliphatic rings. The van der Waals surface area contributed by atoms with Crippen LogP contribution in [0.5, 0.6) is 0 Å². The molecule has 1 aromatic heterocycles. The summed E-state index contributed by atoms with van der Waals surface area (Å²) in [4.78, 5) is 26.3. The lowest BCUT2D eigenvalue weighted by Gasteiger charge is -2.28. The average molecular weight is 644 g/mol. The molecule has 2 aliphatic heterocycles. The number of nitrogens with one attached hydrogen (secondary N) is 1. The molecule has 1 unspecified atom stereocenters. The Morgan fingerprint density at radius 3 is 2.85 bits per heavy atom. The van der Waals surface area contributed by atoms with Crippen molar-refractivity contribution in [3.05, 3.63) is 27.3 Å². The van der Waals surface area contributed by atoms with Gasteiger partial charge < -0.3 is 24.4 Å². The summed E-state index contributed by atoms with van der Waals surface area (Å²) in [6, 6.07) is 1.97. The summed E-state index contributed by atoms with van der Waals surface area (Å²) in [6.07, 6.45) is 5.60. The lowest BCUT2D eigenvalue weighted by molar-refractivity contribution is -0.0366. The molecule has 2 amide bonds. The Morgan fingerprint density at radius 2 is 2.15 bits per heavy atom. The van der Waals surface area contributed by atoms with Crippen molar-refractivity contribution in [3.8, 4) is 0 Å². The predicted molar refractivity (Wildman–Crippen MR) is 152 cm³/mol. The second-order valence-electron chi connectivity index (χ2n) is 12.1. The van der Waals surface area contributed by atoms with Crippen molar-refractivity contribution < 1.29 is 28.2 Å². The summed E-state index contributed by atoms with van der Waals surface area (Å²) < 4.78 is 33.6. The van der Waals surface area contributed by atoms with E-state index in [1.54, 1.807) is 20.8 Å². The first-order valence-corrected chi connectivity index (χ1v) is 15.1. The fraction of sp³-hybridized carbons (Fsp3) is 0.679. The predicted octanol–water partition coefficient (Wildman–Crippen LogP) is 6.72. The molecule has 3 fully saturated rings. The Morgan fingerprint density at radius 1 is 1.35 bits per heavy atom. The molecule has 1 aromatic carbocycles. The molecule has 5 rings (SSSR count). The molecule has 1 N–H and O–H groups in total. The van der Waals surface area contributed by atoms with E-state index in [9.17, 15) is 14.0 Å². The first-order chi connectivity index (χ1) is 19.0. The molecule has 9 nitrogen and oxygen atoms in total. The van der Waals surface area contributed by atoms with Crippen molar-refractivity contribution in [2.75, 3.05) is 33.0 Å². The first-order valence-electron chi connectivity index (χ1n) is 14.0.